The van der Waals surface area contributed by atoms with Crippen LogP contribution in [-0.2, 0) is 4.79 Å². The van der Waals surface area contributed by atoms with Gasteiger partial charge in [-0.3, -0.25) is 4.79 Å². The van der Waals surface area contributed by atoms with Gasteiger partial charge in [-0.15, -0.1) is 0 Å². The number of aryl methyl sites for hydroxylation is 2. The Kier molecular flexibility index (Phi) is 6.57. The van der Waals surface area contributed by atoms with Crippen molar-refractivity contribution in [2.75, 3.05) is 44.7 Å². The van der Waals surface area contributed by atoms with Crippen LogP contribution in [0.1, 0.15) is 29.7 Å². The van der Waals surface area contributed by atoms with Crippen LogP contribution in [-0.4, -0.2) is 45.7 Å². The molecule has 0 saturated carbocycles. The molecule has 0 spiro atoms. The Balaban J connectivity index is 1.47. The molecule has 5 nitrogen and oxygen atoms in total. The molecule has 3 rings (SSSR count). The molecule has 2 aromatic rings. The van der Waals surface area contributed by atoms with Crippen LogP contribution in [0.25, 0.3) is 0 Å². The van der Waals surface area contributed by atoms with Gasteiger partial charge in [-0.1, -0.05) is 18.2 Å². The van der Waals surface area contributed by atoms with Crippen molar-refractivity contribution in [2.45, 2.75) is 26.8 Å². The molecule has 28 heavy (non-hydrogen) atoms. The molecule has 0 aliphatic carbocycles. The number of piperazine rings is 1. The second-order valence-corrected chi connectivity index (χ2v) is 7.74. The number of hydrogen-bond acceptors (Lipinski definition) is 3. The molecule has 0 aromatic heterocycles. The Hall–Kier alpha value is -2.53. The van der Waals surface area contributed by atoms with E-state index >= 15 is 0 Å². The third kappa shape index (κ3) is 5.04. The number of rotatable bonds is 6. The summed E-state index contributed by atoms with van der Waals surface area (Å²) in [6.07, 6.45) is 0. The van der Waals surface area contributed by atoms with E-state index in [1.54, 1.807) is 7.11 Å². The molecule has 2 aromatic carbocycles. The highest BCUT2D eigenvalue weighted by Gasteiger charge is 2.23. The van der Waals surface area contributed by atoms with E-state index in [4.69, 9.17) is 4.74 Å². The van der Waals surface area contributed by atoms with Crippen LogP contribution >= 0.6 is 0 Å². The van der Waals surface area contributed by atoms with Crippen molar-refractivity contribution in [3.8, 4) is 5.75 Å². The van der Waals surface area contributed by atoms with Crippen LogP contribution in [0.3, 0.4) is 0 Å². The zero-order chi connectivity index (χ0) is 20.1. The molecule has 1 aliphatic rings. The predicted molar refractivity (Wildman–Crippen MR) is 113 cm³/mol. The molecule has 1 atom stereocenters. The van der Waals surface area contributed by atoms with Gasteiger partial charge in [0.25, 0.3) is 5.91 Å². The van der Waals surface area contributed by atoms with E-state index in [1.165, 1.54) is 21.7 Å². The van der Waals surface area contributed by atoms with Crippen molar-refractivity contribution in [3.63, 3.8) is 0 Å². The number of methoxy groups -OCH3 is 1. The highest BCUT2D eigenvalue weighted by Crippen LogP contribution is 2.19. The standard InChI is InChI=1S/C23H31N3O2/c1-17-5-6-20(15-18(17)2)19(3)24-23(27)16-25-11-13-26(14-12-25)21-7-9-22(28-4)10-8-21/h5-10,15,19H,11-14,16H2,1-4H3,(H,24,27)/p+1/t19-/m1/s1. The number of hydrogen-bond donors (Lipinski definition) is 2. The van der Waals surface area contributed by atoms with Crippen LogP contribution < -0.4 is 19.9 Å². The largest absolute Gasteiger partial charge is 0.497 e. The lowest BCUT2D eigenvalue weighted by Gasteiger charge is -2.33. The van der Waals surface area contributed by atoms with Gasteiger partial charge in [0.1, 0.15) is 5.75 Å². The first-order valence-corrected chi connectivity index (χ1v) is 10.1. The molecular weight excluding hydrogens is 350 g/mol. The van der Waals surface area contributed by atoms with E-state index in [1.807, 2.05) is 12.1 Å². The SMILES string of the molecule is COc1ccc(N2CC[NH+](CC(=O)N[C@H](C)c3ccc(C)c(C)c3)CC2)cc1. The van der Waals surface area contributed by atoms with E-state index < -0.39 is 0 Å². The lowest BCUT2D eigenvalue weighted by Crippen LogP contribution is -3.15. The van der Waals surface area contributed by atoms with Crippen LogP contribution in [0, 0.1) is 13.8 Å². The average molecular weight is 383 g/mol. The second-order valence-electron chi connectivity index (χ2n) is 7.74. The lowest BCUT2D eigenvalue weighted by atomic mass is 10.0. The van der Waals surface area contributed by atoms with Gasteiger partial charge < -0.3 is 19.9 Å². The summed E-state index contributed by atoms with van der Waals surface area (Å²) in [6.45, 7) is 10.7. The van der Waals surface area contributed by atoms with Crippen LogP contribution in [0.5, 0.6) is 5.75 Å². The molecule has 5 heteroatoms. The third-order valence-corrected chi connectivity index (χ3v) is 5.73. The van der Waals surface area contributed by atoms with Crippen LogP contribution in [0.2, 0.25) is 0 Å². The topological polar surface area (TPSA) is 46.0 Å². The molecule has 1 amide bonds. The summed E-state index contributed by atoms with van der Waals surface area (Å²) in [5.74, 6) is 1.00. The van der Waals surface area contributed by atoms with Crippen molar-refractivity contribution in [1.29, 1.82) is 0 Å². The van der Waals surface area contributed by atoms with Gasteiger partial charge in [-0.25, -0.2) is 0 Å². The van der Waals surface area contributed by atoms with Gasteiger partial charge in [0.05, 0.1) is 39.3 Å². The number of amides is 1. The number of anilines is 1. The molecule has 0 radical (unpaired) electrons. The Labute approximate surface area is 168 Å². The Morgan fingerprint density at radius 1 is 1.11 bits per heavy atom. The van der Waals surface area contributed by atoms with Gasteiger partial charge in [-0.2, -0.15) is 0 Å². The maximum atomic E-state index is 12.5. The summed E-state index contributed by atoms with van der Waals surface area (Å²) in [6, 6.07) is 14.6. The molecular formula is C23H32N3O2+. The third-order valence-electron chi connectivity index (χ3n) is 5.73. The van der Waals surface area contributed by atoms with Crippen molar-refractivity contribution < 1.29 is 14.4 Å². The molecule has 0 unspecified atom stereocenters. The first-order chi connectivity index (χ1) is 13.5. The second kappa shape index (κ2) is 9.11. The molecule has 1 saturated heterocycles. The van der Waals surface area contributed by atoms with Gasteiger partial charge in [0.2, 0.25) is 0 Å². The molecule has 0 bridgehead atoms. The fraction of sp³-hybridized carbons (Fsp3) is 0.435. The van der Waals surface area contributed by atoms with Crippen molar-refractivity contribution in [3.05, 3.63) is 59.2 Å². The van der Waals surface area contributed by atoms with E-state index in [2.05, 4.69) is 61.3 Å². The van der Waals surface area contributed by atoms with E-state index in [0.29, 0.717) is 6.54 Å². The Bertz CT molecular complexity index is 796. The highest BCUT2D eigenvalue weighted by atomic mass is 16.5. The molecule has 2 N–H and O–H groups in total. The maximum Gasteiger partial charge on any atom is 0.275 e. The fourth-order valence-electron chi connectivity index (χ4n) is 3.69. The van der Waals surface area contributed by atoms with Gasteiger partial charge >= 0.3 is 0 Å². The number of ether oxygens (including phenoxy) is 1. The summed E-state index contributed by atoms with van der Waals surface area (Å²) in [4.78, 5) is 16.2. The van der Waals surface area contributed by atoms with Gasteiger partial charge in [0, 0.05) is 5.69 Å². The monoisotopic (exact) mass is 382 g/mol. The first-order valence-electron chi connectivity index (χ1n) is 10.1. The quantitative estimate of drug-likeness (QED) is 0.802. The minimum absolute atomic E-state index is 0.0341. The molecule has 1 fully saturated rings. The molecule has 1 aliphatic heterocycles. The lowest BCUT2D eigenvalue weighted by molar-refractivity contribution is -0.892. The average Bonchev–Trinajstić information content (AvgIpc) is 2.70. The number of benzene rings is 2. The number of quaternary nitrogens is 1. The number of nitrogens with zero attached hydrogens (tertiary/aromatic N) is 1. The summed E-state index contributed by atoms with van der Waals surface area (Å²) in [7, 11) is 1.68. The number of nitrogens with one attached hydrogen (secondary N) is 2. The van der Waals surface area contributed by atoms with E-state index in [9.17, 15) is 4.79 Å². The minimum Gasteiger partial charge on any atom is -0.497 e. The maximum absolute atomic E-state index is 12.5. The van der Waals surface area contributed by atoms with Crippen molar-refractivity contribution >= 4 is 11.6 Å². The molecule has 1 heterocycles. The summed E-state index contributed by atoms with van der Waals surface area (Å²) < 4.78 is 5.23. The van der Waals surface area contributed by atoms with Gasteiger partial charge in [-0.05, 0) is 61.7 Å². The summed E-state index contributed by atoms with van der Waals surface area (Å²) >= 11 is 0. The van der Waals surface area contributed by atoms with Crippen molar-refractivity contribution in [2.24, 2.45) is 0 Å². The zero-order valence-corrected chi connectivity index (χ0v) is 17.4. The van der Waals surface area contributed by atoms with Crippen LogP contribution in [0.4, 0.5) is 5.69 Å². The Morgan fingerprint density at radius 3 is 2.39 bits per heavy atom. The predicted octanol–water partition coefficient (Wildman–Crippen LogP) is 1.89. The van der Waals surface area contributed by atoms with E-state index in [0.717, 1.165) is 37.5 Å². The van der Waals surface area contributed by atoms with Crippen molar-refractivity contribution in [1.82, 2.24) is 5.32 Å². The fourth-order valence-corrected chi connectivity index (χ4v) is 3.69. The summed E-state index contributed by atoms with van der Waals surface area (Å²) in [5, 5.41) is 3.16. The van der Waals surface area contributed by atoms with Crippen LogP contribution in [0.15, 0.2) is 42.5 Å². The molecule has 150 valence electrons. The first kappa shape index (κ1) is 20.2. The Morgan fingerprint density at radius 2 is 1.79 bits per heavy atom. The van der Waals surface area contributed by atoms with Gasteiger partial charge in [0.15, 0.2) is 6.54 Å². The highest BCUT2D eigenvalue weighted by molar-refractivity contribution is 5.77. The zero-order valence-electron chi connectivity index (χ0n) is 17.4. The smallest absolute Gasteiger partial charge is 0.275 e. The normalized spacial score (nSPS) is 15.9. The minimum atomic E-state index is 0.0341. The van der Waals surface area contributed by atoms with E-state index in [-0.39, 0.29) is 11.9 Å². The summed E-state index contributed by atoms with van der Waals surface area (Å²) in [5.41, 5.74) is 4.92. The number of carbonyl (C=O) groups excluding carboxylic acids is 1. The number of carbonyl (C=O) groups is 1.